The van der Waals surface area contributed by atoms with Crippen LogP contribution >= 0.6 is 0 Å². The Kier molecular flexibility index (Phi) is 6.22. The summed E-state index contributed by atoms with van der Waals surface area (Å²) in [4.78, 5) is 21.4. The molecule has 28 heavy (non-hydrogen) atoms. The third-order valence-corrected chi connectivity index (χ3v) is 4.06. The first-order valence-electron chi connectivity index (χ1n) is 9.23. The van der Waals surface area contributed by atoms with Crippen LogP contribution in [0.25, 0.3) is 0 Å². The molecule has 1 amide bonds. The summed E-state index contributed by atoms with van der Waals surface area (Å²) >= 11 is 0. The number of ether oxygens (including phenoxy) is 1. The second kappa shape index (κ2) is 8.99. The molecule has 3 rings (SSSR count). The SMILES string of the molecule is CCOc1ccccc1NC(=O)c1cc(NCc2cccc(C)c2)nc(C)n1. The molecule has 3 aromatic rings. The van der Waals surface area contributed by atoms with Gasteiger partial charge < -0.3 is 15.4 Å². The monoisotopic (exact) mass is 376 g/mol. The Bertz CT molecular complexity index is 972. The fraction of sp³-hybridized carbons (Fsp3) is 0.227. The van der Waals surface area contributed by atoms with Crippen LogP contribution in [0.3, 0.4) is 0 Å². The number of hydrogen-bond donors (Lipinski definition) is 2. The molecule has 0 aliphatic rings. The van der Waals surface area contributed by atoms with Gasteiger partial charge in [0, 0.05) is 12.6 Å². The molecule has 0 aliphatic heterocycles. The van der Waals surface area contributed by atoms with Crippen molar-refractivity contribution in [2.75, 3.05) is 17.2 Å². The summed E-state index contributed by atoms with van der Waals surface area (Å²) in [5, 5.41) is 6.13. The Morgan fingerprint density at radius 1 is 1.04 bits per heavy atom. The van der Waals surface area contributed by atoms with E-state index in [1.165, 1.54) is 5.56 Å². The molecule has 0 fully saturated rings. The van der Waals surface area contributed by atoms with Gasteiger partial charge in [-0.3, -0.25) is 4.79 Å². The number of amides is 1. The molecule has 1 heterocycles. The number of anilines is 2. The molecule has 2 aromatic carbocycles. The molecule has 0 spiro atoms. The summed E-state index contributed by atoms with van der Waals surface area (Å²) in [7, 11) is 0. The van der Waals surface area contributed by atoms with Gasteiger partial charge in [-0.25, -0.2) is 9.97 Å². The lowest BCUT2D eigenvalue weighted by molar-refractivity contribution is 0.102. The number of para-hydroxylation sites is 2. The third-order valence-electron chi connectivity index (χ3n) is 4.06. The Morgan fingerprint density at radius 2 is 1.86 bits per heavy atom. The van der Waals surface area contributed by atoms with Crippen molar-refractivity contribution in [3.63, 3.8) is 0 Å². The number of carbonyl (C=O) groups excluding carboxylic acids is 1. The average Bonchev–Trinajstić information content (AvgIpc) is 2.68. The molecule has 6 nitrogen and oxygen atoms in total. The zero-order chi connectivity index (χ0) is 19.9. The predicted molar refractivity (Wildman–Crippen MR) is 111 cm³/mol. The number of carbonyl (C=O) groups is 1. The van der Waals surface area contributed by atoms with Gasteiger partial charge in [-0.05, 0) is 38.5 Å². The van der Waals surface area contributed by atoms with Crippen LogP contribution in [-0.2, 0) is 6.54 Å². The van der Waals surface area contributed by atoms with Crippen molar-refractivity contribution >= 4 is 17.4 Å². The third kappa shape index (κ3) is 5.07. The highest BCUT2D eigenvalue weighted by Crippen LogP contribution is 2.24. The molecule has 0 radical (unpaired) electrons. The van der Waals surface area contributed by atoms with E-state index >= 15 is 0 Å². The summed E-state index contributed by atoms with van der Waals surface area (Å²) in [5.41, 5.74) is 3.25. The van der Waals surface area contributed by atoms with Crippen LogP contribution in [0.15, 0.2) is 54.6 Å². The molecule has 1 aromatic heterocycles. The molecular formula is C22H24N4O2. The molecule has 144 valence electrons. The lowest BCUT2D eigenvalue weighted by Gasteiger charge is -2.12. The normalized spacial score (nSPS) is 10.4. The van der Waals surface area contributed by atoms with Gasteiger partial charge in [0.05, 0.1) is 12.3 Å². The van der Waals surface area contributed by atoms with E-state index in [0.29, 0.717) is 41.9 Å². The minimum atomic E-state index is -0.309. The largest absolute Gasteiger partial charge is 0.492 e. The van der Waals surface area contributed by atoms with Gasteiger partial charge in [0.1, 0.15) is 23.1 Å². The summed E-state index contributed by atoms with van der Waals surface area (Å²) in [6, 6.07) is 17.2. The zero-order valence-corrected chi connectivity index (χ0v) is 16.3. The summed E-state index contributed by atoms with van der Waals surface area (Å²) < 4.78 is 5.56. The minimum absolute atomic E-state index is 0.297. The van der Waals surface area contributed by atoms with Gasteiger partial charge in [0.2, 0.25) is 0 Å². The van der Waals surface area contributed by atoms with Crippen molar-refractivity contribution in [1.82, 2.24) is 9.97 Å². The number of aromatic nitrogens is 2. The Hall–Kier alpha value is -3.41. The Labute approximate surface area is 165 Å². The smallest absolute Gasteiger partial charge is 0.274 e. The van der Waals surface area contributed by atoms with Crippen LogP contribution in [0.1, 0.15) is 34.4 Å². The van der Waals surface area contributed by atoms with Gasteiger partial charge in [-0.1, -0.05) is 42.0 Å². The van der Waals surface area contributed by atoms with Crippen molar-refractivity contribution in [1.29, 1.82) is 0 Å². The van der Waals surface area contributed by atoms with E-state index in [1.807, 2.05) is 37.3 Å². The number of rotatable bonds is 7. The minimum Gasteiger partial charge on any atom is -0.492 e. The fourth-order valence-electron chi connectivity index (χ4n) is 2.83. The number of benzene rings is 2. The summed E-state index contributed by atoms with van der Waals surface area (Å²) in [5.74, 6) is 1.45. The summed E-state index contributed by atoms with van der Waals surface area (Å²) in [6.45, 7) is 6.86. The van der Waals surface area contributed by atoms with Crippen molar-refractivity contribution in [2.24, 2.45) is 0 Å². The van der Waals surface area contributed by atoms with Crippen molar-refractivity contribution in [3.8, 4) is 5.75 Å². The van der Waals surface area contributed by atoms with Crippen molar-refractivity contribution < 1.29 is 9.53 Å². The van der Waals surface area contributed by atoms with E-state index in [-0.39, 0.29) is 5.91 Å². The van der Waals surface area contributed by atoms with E-state index < -0.39 is 0 Å². The molecule has 2 N–H and O–H groups in total. The highest BCUT2D eigenvalue weighted by Gasteiger charge is 2.13. The first kappa shape index (κ1) is 19.4. The lowest BCUT2D eigenvalue weighted by atomic mass is 10.1. The van der Waals surface area contributed by atoms with Crippen LogP contribution in [0.4, 0.5) is 11.5 Å². The maximum Gasteiger partial charge on any atom is 0.274 e. The van der Waals surface area contributed by atoms with Crippen LogP contribution in [0, 0.1) is 13.8 Å². The number of nitrogens with zero attached hydrogens (tertiary/aromatic N) is 2. The second-order valence-electron chi connectivity index (χ2n) is 6.41. The van der Waals surface area contributed by atoms with E-state index in [9.17, 15) is 4.79 Å². The molecule has 0 atom stereocenters. The standard InChI is InChI=1S/C22H24N4O2/c1-4-28-20-11-6-5-10-18(20)26-22(27)19-13-21(25-16(3)24-19)23-14-17-9-7-8-15(2)12-17/h5-13H,4,14H2,1-3H3,(H,26,27)(H,23,24,25). The van der Waals surface area contributed by atoms with Crippen molar-refractivity contribution in [2.45, 2.75) is 27.3 Å². The first-order chi connectivity index (χ1) is 13.5. The van der Waals surface area contributed by atoms with Gasteiger partial charge in [-0.2, -0.15) is 0 Å². The molecule has 0 saturated heterocycles. The molecular weight excluding hydrogens is 352 g/mol. The van der Waals surface area contributed by atoms with Crippen LogP contribution in [-0.4, -0.2) is 22.5 Å². The Balaban J connectivity index is 1.74. The fourth-order valence-corrected chi connectivity index (χ4v) is 2.83. The van der Waals surface area contributed by atoms with Gasteiger partial charge in [-0.15, -0.1) is 0 Å². The number of aryl methyl sites for hydroxylation is 2. The van der Waals surface area contributed by atoms with Crippen LogP contribution in [0.2, 0.25) is 0 Å². The average molecular weight is 376 g/mol. The molecule has 0 bridgehead atoms. The molecule has 0 unspecified atom stereocenters. The van der Waals surface area contributed by atoms with E-state index in [2.05, 4.69) is 39.7 Å². The van der Waals surface area contributed by atoms with Crippen molar-refractivity contribution in [3.05, 3.63) is 77.2 Å². The molecule has 0 aliphatic carbocycles. The van der Waals surface area contributed by atoms with E-state index in [1.54, 1.807) is 19.1 Å². The number of hydrogen-bond acceptors (Lipinski definition) is 5. The van der Waals surface area contributed by atoms with Crippen LogP contribution in [0.5, 0.6) is 5.75 Å². The van der Waals surface area contributed by atoms with Gasteiger partial charge in [0.15, 0.2) is 0 Å². The maximum atomic E-state index is 12.7. The topological polar surface area (TPSA) is 76.1 Å². The molecule has 6 heteroatoms. The highest BCUT2D eigenvalue weighted by molar-refractivity contribution is 6.04. The first-order valence-corrected chi connectivity index (χ1v) is 9.23. The van der Waals surface area contributed by atoms with E-state index in [0.717, 1.165) is 5.56 Å². The van der Waals surface area contributed by atoms with Gasteiger partial charge >= 0.3 is 0 Å². The van der Waals surface area contributed by atoms with E-state index in [4.69, 9.17) is 4.74 Å². The lowest BCUT2D eigenvalue weighted by Crippen LogP contribution is -2.16. The highest BCUT2D eigenvalue weighted by atomic mass is 16.5. The Morgan fingerprint density at radius 3 is 2.64 bits per heavy atom. The van der Waals surface area contributed by atoms with Gasteiger partial charge in [0.25, 0.3) is 5.91 Å². The maximum absolute atomic E-state index is 12.7. The zero-order valence-electron chi connectivity index (χ0n) is 16.3. The number of nitrogens with one attached hydrogen (secondary N) is 2. The second-order valence-corrected chi connectivity index (χ2v) is 6.41. The van der Waals surface area contributed by atoms with Crippen LogP contribution < -0.4 is 15.4 Å². The quantitative estimate of drug-likeness (QED) is 0.641. The summed E-state index contributed by atoms with van der Waals surface area (Å²) in [6.07, 6.45) is 0. The molecule has 0 saturated carbocycles. The predicted octanol–water partition coefficient (Wildman–Crippen LogP) is 4.36.